The fourth-order valence-electron chi connectivity index (χ4n) is 1.41. The molecule has 0 N–H and O–H groups in total. The van der Waals surface area contributed by atoms with Crippen LogP contribution in [-0.4, -0.2) is 28.0 Å². The van der Waals surface area contributed by atoms with E-state index in [-0.39, 0.29) is 11.6 Å². The Labute approximate surface area is 104 Å². The molecule has 1 heterocycles. The predicted octanol–water partition coefficient (Wildman–Crippen LogP) is 1.87. The molecule has 0 amide bonds. The van der Waals surface area contributed by atoms with Crippen molar-refractivity contribution in [3.05, 3.63) is 22.7 Å². The molecular weight excluding hydrogens is 270 g/mol. The minimum Gasteiger partial charge on any atom is -0.352 e. The molecule has 0 aliphatic rings. The number of halogens is 1. The molecule has 0 aliphatic heterocycles. The minimum absolute atomic E-state index is 0.0142. The Kier molecular flexibility index (Phi) is 4.99. The van der Waals surface area contributed by atoms with Crippen LogP contribution in [0.2, 0.25) is 0 Å². The van der Waals surface area contributed by atoms with Crippen molar-refractivity contribution in [3.8, 4) is 0 Å². The third-order valence-corrected chi connectivity index (χ3v) is 3.52. The van der Waals surface area contributed by atoms with Crippen molar-refractivity contribution in [2.45, 2.75) is 32.9 Å². The second-order valence-corrected chi connectivity index (χ2v) is 4.51. The molecule has 1 aromatic rings. The maximum absolute atomic E-state index is 12.1. The summed E-state index contributed by atoms with van der Waals surface area (Å²) < 4.78 is 1.71. The molecular formula is C11H18BrN3O. The predicted molar refractivity (Wildman–Crippen MR) is 70.4 cm³/mol. The van der Waals surface area contributed by atoms with E-state index >= 15 is 0 Å². The van der Waals surface area contributed by atoms with Crippen molar-refractivity contribution >= 4 is 21.7 Å². The summed E-state index contributed by atoms with van der Waals surface area (Å²) in [5.41, 5.74) is -0.0142. The average molecular weight is 288 g/mol. The highest BCUT2D eigenvalue weighted by atomic mass is 79.9. The number of hydrogen-bond acceptors (Lipinski definition) is 3. The van der Waals surface area contributed by atoms with Crippen molar-refractivity contribution < 1.29 is 0 Å². The van der Waals surface area contributed by atoms with E-state index in [0.717, 1.165) is 18.3 Å². The zero-order valence-corrected chi connectivity index (χ0v) is 11.6. The van der Waals surface area contributed by atoms with E-state index in [9.17, 15) is 4.79 Å². The number of nitrogens with zero attached hydrogens (tertiary/aromatic N) is 3. The lowest BCUT2D eigenvalue weighted by atomic mass is 10.3. The van der Waals surface area contributed by atoms with Gasteiger partial charge >= 0.3 is 0 Å². The first-order chi connectivity index (χ1) is 7.61. The molecule has 1 atom stereocenters. The van der Waals surface area contributed by atoms with Gasteiger partial charge in [0.15, 0.2) is 5.82 Å². The van der Waals surface area contributed by atoms with Gasteiger partial charge in [0.2, 0.25) is 0 Å². The third kappa shape index (κ3) is 2.84. The lowest BCUT2D eigenvalue weighted by molar-refractivity contribution is 0.638. The first-order valence-electron chi connectivity index (χ1n) is 5.46. The Balaban J connectivity index is 3.05. The van der Waals surface area contributed by atoms with Crippen LogP contribution < -0.4 is 10.5 Å². The molecule has 0 spiro atoms. The van der Waals surface area contributed by atoms with Gasteiger partial charge in [0.25, 0.3) is 5.56 Å². The Bertz CT molecular complexity index is 391. The van der Waals surface area contributed by atoms with E-state index in [1.807, 2.05) is 18.9 Å². The van der Waals surface area contributed by atoms with Crippen molar-refractivity contribution in [1.29, 1.82) is 0 Å². The lowest BCUT2D eigenvalue weighted by Crippen LogP contribution is -2.37. The molecule has 0 saturated carbocycles. The highest BCUT2D eigenvalue weighted by molar-refractivity contribution is 9.09. The number of aryl methyl sites for hydroxylation is 1. The summed E-state index contributed by atoms with van der Waals surface area (Å²) in [6.45, 7) is 4.84. The second-order valence-electron chi connectivity index (χ2n) is 3.86. The summed E-state index contributed by atoms with van der Waals surface area (Å²) in [6.07, 6.45) is 4.37. The van der Waals surface area contributed by atoms with Gasteiger partial charge in [-0.15, -0.1) is 0 Å². The van der Waals surface area contributed by atoms with Crippen LogP contribution in [0.25, 0.3) is 0 Å². The van der Waals surface area contributed by atoms with Gasteiger partial charge in [0.05, 0.1) is 0 Å². The van der Waals surface area contributed by atoms with Gasteiger partial charge in [-0.05, 0) is 13.3 Å². The van der Waals surface area contributed by atoms with Crippen LogP contribution in [0.1, 0.15) is 20.3 Å². The van der Waals surface area contributed by atoms with Crippen LogP contribution in [-0.2, 0) is 6.54 Å². The summed E-state index contributed by atoms with van der Waals surface area (Å²) in [7, 11) is 1.89. The maximum Gasteiger partial charge on any atom is 0.293 e. The number of rotatable bonds is 5. The number of alkyl halides is 1. The molecule has 0 bridgehead atoms. The van der Waals surface area contributed by atoms with Gasteiger partial charge in [0.1, 0.15) is 0 Å². The summed E-state index contributed by atoms with van der Waals surface area (Å²) in [4.78, 5) is 18.1. The van der Waals surface area contributed by atoms with Crippen molar-refractivity contribution in [2.75, 3.05) is 17.3 Å². The van der Waals surface area contributed by atoms with Gasteiger partial charge in [0, 0.05) is 37.4 Å². The van der Waals surface area contributed by atoms with Crippen LogP contribution in [0.5, 0.6) is 0 Å². The molecule has 0 radical (unpaired) electrons. The summed E-state index contributed by atoms with van der Waals surface area (Å²) in [6, 6.07) is 0.248. The molecule has 5 heteroatoms. The van der Waals surface area contributed by atoms with E-state index in [4.69, 9.17) is 0 Å². The third-order valence-electron chi connectivity index (χ3n) is 2.58. The Morgan fingerprint density at radius 3 is 2.88 bits per heavy atom. The van der Waals surface area contributed by atoms with E-state index in [2.05, 4.69) is 27.8 Å². The average Bonchev–Trinajstić information content (AvgIpc) is 2.30. The summed E-state index contributed by atoms with van der Waals surface area (Å²) in [5, 5.41) is 0.813. The van der Waals surface area contributed by atoms with Gasteiger partial charge in [-0.3, -0.25) is 4.79 Å². The monoisotopic (exact) mass is 287 g/mol. The normalized spacial score (nSPS) is 12.5. The molecule has 0 aliphatic carbocycles. The number of aromatic nitrogens is 2. The fraction of sp³-hybridized carbons (Fsp3) is 0.636. The molecule has 1 aromatic heterocycles. The first-order valence-corrected chi connectivity index (χ1v) is 6.58. The molecule has 1 unspecified atom stereocenters. The van der Waals surface area contributed by atoms with Gasteiger partial charge in [-0.2, -0.15) is 0 Å². The molecule has 0 saturated heterocycles. The van der Waals surface area contributed by atoms with Crippen molar-refractivity contribution in [2.24, 2.45) is 0 Å². The van der Waals surface area contributed by atoms with E-state index in [0.29, 0.717) is 5.82 Å². The van der Waals surface area contributed by atoms with Crippen molar-refractivity contribution in [1.82, 2.24) is 9.55 Å². The summed E-state index contributed by atoms with van der Waals surface area (Å²) >= 11 is 3.41. The molecule has 90 valence electrons. The Morgan fingerprint density at radius 1 is 1.62 bits per heavy atom. The van der Waals surface area contributed by atoms with Crippen LogP contribution in [0.4, 0.5) is 5.82 Å². The topological polar surface area (TPSA) is 38.1 Å². The summed E-state index contributed by atoms with van der Waals surface area (Å²) in [5.74, 6) is 0.517. The van der Waals surface area contributed by atoms with E-state index in [1.54, 1.807) is 17.0 Å². The fourth-order valence-corrected chi connectivity index (χ4v) is 1.84. The van der Waals surface area contributed by atoms with Gasteiger partial charge < -0.3 is 9.47 Å². The van der Waals surface area contributed by atoms with E-state index in [1.165, 1.54) is 0 Å². The molecule has 1 rings (SSSR count). The van der Waals surface area contributed by atoms with Gasteiger partial charge in [-0.1, -0.05) is 22.9 Å². The molecule has 0 aromatic carbocycles. The minimum atomic E-state index is -0.0142. The van der Waals surface area contributed by atoms with Crippen LogP contribution in [0.3, 0.4) is 0 Å². The quantitative estimate of drug-likeness (QED) is 0.776. The standard InChI is InChI=1S/C11H18BrN3O/c1-4-6-15-7-5-13-10(11(15)16)14(3)9(2)8-12/h5,7,9H,4,6,8H2,1-3H3. The molecule has 4 nitrogen and oxygen atoms in total. The van der Waals surface area contributed by atoms with E-state index < -0.39 is 0 Å². The first kappa shape index (κ1) is 13.2. The molecule has 16 heavy (non-hydrogen) atoms. The smallest absolute Gasteiger partial charge is 0.293 e. The van der Waals surface area contributed by atoms with Crippen LogP contribution in [0, 0.1) is 0 Å². The lowest BCUT2D eigenvalue weighted by Gasteiger charge is -2.23. The highest BCUT2D eigenvalue weighted by Crippen LogP contribution is 2.07. The maximum atomic E-state index is 12.1. The van der Waals surface area contributed by atoms with Crippen LogP contribution >= 0.6 is 15.9 Å². The van der Waals surface area contributed by atoms with Gasteiger partial charge in [-0.25, -0.2) is 4.98 Å². The zero-order valence-electron chi connectivity index (χ0n) is 9.98. The zero-order chi connectivity index (χ0) is 12.1. The second kappa shape index (κ2) is 6.03. The largest absolute Gasteiger partial charge is 0.352 e. The SMILES string of the molecule is CCCn1ccnc(N(C)C(C)CBr)c1=O. The number of anilines is 1. The van der Waals surface area contributed by atoms with Crippen molar-refractivity contribution in [3.63, 3.8) is 0 Å². The van der Waals surface area contributed by atoms with Crippen LogP contribution in [0.15, 0.2) is 17.2 Å². The Morgan fingerprint density at radius 2 is 2.31 bits per heavy atom. The highest BCUT2D eigenvalue weighted by Gasteiger charge is 2.14. The Hall–Kier alpha value is -0.840. The number of hydrogen-bond donors (Lipinski definition) is 0. The molecule has 0 fully saturated rings.